The number of hydrogen-bond acceptors (Lipinski definition) is 3. The number of nitrogens with zero attached hydrogens (tertiary/aromatic N) is 2. The topological polar surface area (TPSA) is 59.2 Å². The Hall–Kier alpha value is -1.65. The highest BCUT2D eigenvalue weighted by atomic mass is 19.1. The minimum atomic E-state index is -0.539. The molecule has 5 heteroatoms. The molecule has 1 fully saturated rings. The summed E-state index contributed by atoms with van der Waals surface area (Å²) in [6.45, 7) is 0.733. The minimum Gasteiger partial charge on any atom is -0.368 e. The summed E-state index contributed by atoms with van der Waals surface area (Å²) in [5.41, 5.74) is 5.94. The zero-order valence-electron chi connectivity index (χ0n) is 8.19. The van der Waals surface area contributed by atoms with Crippen molar-refractivity contribution in [1.29, 1.82) is 0 Å². The quantitative estimate of drug-likeness (QED) is 0.728. The number of nitrogens with two attached hydrogens (primary N) is 1. The van der Waals surface area contributed by atoms with E-state index in [4.69, 9.17) is 5.73 Å². The molecule has 80 valence electrons. The van der Waals surface area contributed by atoms with Crippen molar-refractivity contribution in [3.05, 3.63) is 24.3 Å². The summed E-state index contributed by atoms with van der Waals surface area (Å²) in [6, 6.07) is 2.69. The second-order valence-corrected chi connectivity index (χ2v) is 3.59. The van der Waals surface area contributed by atoms with Gasteiger partial charge in [0.05, 0.1) is 0 Å². The van der Waals surface area contributed by atoms with Crippen molar-refractivity contribution in [3.63, 3.8) is 0 Å². The molecule has 1 atom stereocenters. The van der Waals surface area contributed by atoms with Crippen molar-refractivity contribution in [1.82, 2.24) is 4.98 Å². The monoisotopic (exact) mass is 209 g/mol. The van der Waals surface area contributed by atoms with E-state index in [2.05, 4.69) is 4.98 Å². The van der Waals surface area contributed by atoms with Gasteiger partial charge in [-0.1, -0.05) is 0 Å². The fraction of sp³-hybridized carbons (Fsp3) is 0.400. The van der Waals surface area contributed by atoms with Crippen LogP contribution in [0.25, 0.3) is 0 Å². The van der Waals surface area contributed by atoms with Gasteiger partial charge >= 0.3 is 0 Å². The van der Waals surface area contributed by atoms with Gasteiger partial charge in [0.1, 0.15) is 6.04 Å². The Morgan fingerprint density at radius 3 is 3.13 bits per heavy atom. The molecule has 1 aliphatic heterocycles. The van der Waals surface area contributed by atoms with E-state index in [1.54, 1.807) is 6.07 Å². The Morgan fingerprint density at radius 2 is 2.47 bits per heavy atom. The number of rotatable bonds is 2. The maximum absolute atomic E-state index is 12.9. The number of carbonyl (C=O) groups excluding carboxylic acids is 1. The van der Waals surface area contributed by atoms with Crippen molar-refractivity contribution < 1.29 is 9.18 Å². The normalized spacial score (nSPS) is 20.6. The van der Waals surface area contributed by atoms with Crippen LogP contribution in [0, 0.1) is 5.95 Å². The maximum atomic E-state index is 12.9. The average Bonchev–Trinajstić information content (AvgIpc) is 2.65. The molecule has 2 rings (SSSR count). The lowest BCUT2D eigenvalue weighted by atomic mass is 10.2. The van der Waals surface area contributed by atoms with Crippen molar-refractivity contribution in [2.24, 2.45) is 5.73 Å². The van der Waals surface area contributed by atoms with Gasteiger partial charge in [0.2, 0.25) is 11.9 Å². The van der Waals surface area contributed by atoms with Crippen LogP contribution in [0.5, 0.6) is 0 Å². The standard InChI is InChI=1S/C10H12FN3O/c11-9-6-7(3-4-13-9)14-5-1-2-8(14)10(12)15/h3-4,6,8H,1-2,5H2,(H2,12,15). The zero-order chi connectivity index (χ0) is 10.8. The van der Waals surface area contributed by atoms with Crippen molar-refractivity contribution in [3.8, 4) is 0 Å². The van der Waals surface area contributed by atoms with Gasteiger partial charge in [-0.25, -0.2) is 4.98 Å². The first-order valence-corrected chi connectivity index (χ1v) is 4.86. The number of aromatic nitrogens is 1. The van der Waals surface area contributed by atoms with Gasteiger partial charge in [-0.3, -0.25) is 4.79 Å². The smallest absolute Gasteiger partial charge is 0.240 e. The SMILES string of the molecule is NC(=O)C1CCCN1c1ccnc(F)c1. The molecule has 1 saturated heterocycles. The van der Waals surface area contributed by atoms with E-state index in [1.165, 1.54) is 12.3 Å². The Balaban J connectivity index is 2.26. The van der Waals surface area contributed by atoms with E-state index in [0.29, 0.717) is 5.69 Å². The maximum Gasteiger partial charge on any atom is 0.240 e. The number of anilines is 1. The Kier molecular flexibility index (Phi) is 2.53. The number of amides is 1. The van der Waals surface area contributed by atoms with Crippen molar-refractivity contribution >= 4 is 11.6 Å². The summed E-state index contributed by atoms with van der Waals surface area (Å²) in [4.78, 5) is 16.4. The molecule has 2 heterocycles. The predicted octanol–water partition coefficient (Wildman–Crippen LogP) is 0.675. The first-order valence-electron chi connectivity index (χ1n) is 4.86. The van der Waals surface area contributed by atoms with Gasteiger partial charge < -0.3 is 10.6 Å². The molecule has 1 aliphatic rings. The van der Waals surface area contributed by atoms with Gasteiger partial charge in [-0.05, 0) is 18.9 Å². The molecule has 4 nitrogen and oxygen atoms in total. The molecule has 0 bridgehead atoms. The average molecular weight is 209 g/mol. The fourth-order valence-corrected chi connectivity index (χ4v) is 1.94. The highest BCUT2D eigenvalue weighted by Gasteiger charge is 2.29. The van der Waals surface area contributed by atoms with Gasteiger partial charge in [0.25, 0.3) is 0 Å². The largest absolute Gasteiger partial charge is 0.368 e. The van der Waals surface area contributed by atoms with Crippen molar-refractivity contribution in [2.45, 2.75) is 18.9 Å². The number of primary amides is 1. The summed E-state index contributed by atoms with van der Waals surface area (Å²) in [5.74, 6) is -0.896. The molecule has 0 spiro atoms. The van der Waals surface area contributed by atoms with E-state index in [1.807, 2.05) is 4.90 Å². The van der Waals surface area contributed by atoms with Crippen LogP contribution in [0.1, 0.15) is 12.8 Å². The molecule has 0 radical (unpaired) electrons. The first-order chi connectivity index (χ1) is 7.18. The Labute approximate surface area is 86.9 Å². The summed E-state index contributed by atoms with van der Waals surface area (Å²) >= 11 is 0. The predicted molar refractivity (Wildman–Crippen MR) is 53.8 cm³/mol. The lowest BCUT2D eigenvalue weighted by molar-refractivity contribution is -0.119. The Bertz CT molecular complexity index is 383. The minimum absolute atomic E-state index is 0.313. The van der Waals surface area contributed by atoms with Gasteiger partial charge in [-0.15, -0.1) is 0 Å². The fourth-order valence-electron chi connectivity index (χ4n) is 1.94. The lowest BCUT2D eigenvalue weighted by Gasteiger charge is -2.23. The molecule has 1 aromatic rings. The van der Waals surface area contributed by atoms with Crippen LogP contribution in [-0.2, 0) is 4.79 Å². The first kappa shape index (κ1) is 9.89. The molecule has 2 N–H and O–H groups in total. The molecule has 1 aromatic heterocycles. The van der Waals surface area contributed by atoms with Crippen LogP contribution in [0.15, 0.2) is 18.3 Å². The molecule has 15 heavy (non-hydrogen) atoms. The molecular formula is C10H12FN3O. The van der Waals surface area contributed by atoms with E-state index >= 15 is 0 Å². The summed E-state index contributed by atoms with van der Waals surface area (Å²) < 4.78 is 12.9. The molecule has 0 saturated carbocycles. The van der Waals surface area contributed by atoms with Gasteiger partial charge in [0.15, 0.2) is 0 Å². The second-order valence-electron chi connectivity index (χ2n) is 3.59. The van der Waals surface area contributed by atoms with E-state index in [9.17, 15) is 9.18 Å². The number of pyridine rings is 1. The van der Waals surface area contributed by atoms with Crippen molar-refractivity contribution in [2.75, 3.05) is 11.4 Å². The number of halogens is 1. The third-order valence-electron chi connectivity index (χ3n) is 2.62. The van der Waals surface area contributed by atoms with Crippen LogP contribution in [-0.4, -0.2) is 23.5 Å². The summed E-state index contributed by atoms with van der Waals surface area (Å²) in [5, 5.41) is 0. The third-order valence-corrected chi connectivity index (χ3v) is 2.62. The molecule has 0 aliphatic carbocycles. The zero-order valence-corrected chi connectivity index (χ0v) is 8.19. The molecular weight excluding hydrogens is 197 g/mol. The van der Waals surface area contributed by atoms with Gasteiger partial charge in [0, 0.05) is 24.5 Å². The van der Waals surface area contributed by atoms with Crippen LogP contribution in [0.3, 0.4) is 0 Å². The lowest BCUT2D eigenvalue weighted by Crippen LogP contribution is -2.40. The molecule has 1 amide bonds. The number of carbonyl (C=O) groups is 1. The molecule has 0 aromatic carbocycles. The summed E-state index contributed by atoms with van der Waals surface area (Å²) in [6.07, 6.45) is 3.03. The van der Waals surface area contributed by atoms with Crippen LogP contribution >= 0.6 is 0 Å². The third kappa shape index (κ3) is 1.91. The Morgan fingerprint density at radius 1 is 1.67 bits per heavy atom. The van der Waals surface area contributed by atoms with Crippen LogP contribution in [0.4, 0.5) is 10.1 Å². The highest BCUT2D eigenvalue weighted by Crippen LogP contribution is 2.25. The summed E-state index contributed by atoms with van der Waals surface area (Å²) in [7, 11) is 0. The van der Waals surface area contributed by atoms with Crippen LogP contribution in [0.2, 0.25) is 0 Å². The van der Waals surface area contributed by atoms with E-state index in [0.717, 1.165) is 19.4 Å². The molecule has 1 unspecified atom stereocenters. The van der Waals surface area contributed by atoms with E-state index < -0.39 is 5.95 Å². The highest BCUT2D eigenvalue weighted by molar-refractivity contribution is 5.84. The van der Waals surface area contributed by atoms with Gasteiger partial charge in [-0.2, -0.15) is 4.39 Å². The van der Waals surface area contributed by atoms with E-state index in [-0.39, 0.29) is 11.9 Å². The van der Waals surface area contributed by atoms with Crippen LogP contribution < -0.4 is 10.6 Å². The number of hydrogen-bond donors (Lipinski definition) is 1. The second kappa shape index (κ2) is 3.84.